The second-order valence-corrected chi connectivity index (χ2v) is 1.43. The van der Waals surface area contributed by atoms with Crippen molar-refractivity contribution in [2.45, 2.75) is 0 Å². The summed E-state index contributed by atoms with van der Waals surface area (Å²) in [5.41, 5.74) is 14.7. The van der Waals surface area contributed by atoms with Gasteiger partial charge in [0.25, 0.3) is 0 Å². The summed E-state index contributed by atoms with van der Waals surface area (Å²) in [7, 11) is 0. The molecule has 0 fully saturated rings. The molecule has 6 N–H and O–H groups in total. The smallest absolute Gasteiger partial charge is 0.0346 e. The molecule has 0 aliphatic carbocycles. The van der Waals surface area contributed by atoms with Gasteiger partial charge >= 0.3 is 0 Å². The molecule has 0 aliphatic rings. The van der Waals surface area contributed by atoms with E-state index in [-0.39, 0.29) is 0 Å². The number of rotatable bonds is 2. The number of alkyl halides is 1. The van der Waals surface area contributed by atoms with Gasteiger partial charge < -0.3 is 17.2 Å². The highest BCUT2D eigenvalue weighted by Gasteiger charge is 1.58. The van der Waals surface area contributed by atoms with Crippen molar-refractivity contribution < 1.29 is 0 Å². The van der Waals surface area contributed by atoms with E-state index in [9.17, 15) is 0 Å². The van der Waals surface area contributed by atoms with Gasteiger partial charge in [0.05, 0.1) is 0 Å². The summed E-state index contributed by atoms with van der Waals surface area (Å²) in [6.07, 6.45) is 0. The molecule has 0 atom stereocenters. The van der Waals surface area contributed by atoms with Gasteiger partial charge in [0.1, 0.15) is 0 Å². The normalized spacial score (nSPS) is 7.50. The first-order valence-electron chi connectivity index (χ1n) is 2.49. The van der Waals surface area contributed by atoms with Gasteiger partial charge in [0.2, 0.25) is 0 Å². The Morgan fingerprint density at radius 3 is 1.12 bits per heavy atom. The molecule has 0 amide bonds. The van der Waals surface area contributed by atoms with Crippen molar-refractivity contribution in [2.24, 2.45) is 17.2 Å². The summed E-state index contributed by atoms with van der Waals surface area (Å²) < 4.78 is 0. The fourth-order valence-corrected chi connectivity index (χ4v) is 0. The SMILES string of the molecule is NCCCl.NCCN. The Kier molecular flexibility index (Phi) is 21.6. The van der Waals surface area contributed by atoms with E-state index in [0.29, 0.717) is 25.5 Å². The number of hydrogen-bond acceptors (Lipinski definition) is 3. The first-order chi connectivity index (χ1) is 3.83. The van der Waals surface area contributed by atoms with Gasteiger partial charge in [0.15, 0.2) is 0 Å². The maximum absolute atomic E-state index is 5.06. The highest BCUT2D eigenvalue weighted by Crippen LogP contribution is 1.60. The summed E-state index contributed by atoms with van der Waals surface area (Å²) in [4.78, 5) is 0. The molecule has 0 bridgehead atoms. The summed E-state index contributed by atoms with van der Waals surface area (Å²) >= 11 is 5.06. The molecule has 8 heavy (non-hydrogen) atoms. The van der Waals surface area contributed by atoms with Crippen molar-refractivity contribution in [3.8, 4) is 0 Å². The third kappa shape index (κ3) is 35.0. The van der Waals surface area contributed by atoms with Crippen LogP contribution in [-0.4, -0.2) is 25.5 Å². The van der Waals surface area contributed by atoms with Crippen LogP contribution >= 0.6 is 11.6 Å². The Morgan fingerprint density at radius 2 is 1.12 bits per heavy atom. The standard InChI is InChI=1S/C2H6ClN.C2H8N2/c2*3-1-2-4/h1-2,4H2;1-4H2. The van der Waals surface area contributed by atoms with E-state index in [2.05, 4.69) is 0 Å². The van der Waals surface area contributed by atoms with Gasteiger partial charge in [-0.2, -0.15) is 0 Å². The Labute approximate surface area is 55.2 Å². The largest absolute Gasteiger partial charge is 0.329 e. The molecule has 0 spiro atoms. The highest BCUT2D eigenvalue weighted by molar-refractivity contribution is 6.18. The fraction of sp³-hybridized carbons (Fsp3) is 1.00. The minimum absolute atomic E-state index is 0.569. The van der Waals surface area contributed by atoms with Crippen LogP contribution in [0.2, 0.25) is 0 Å². The zero-order chi connectivity index (χ0) is 6.83. The van der Waals surface area contributed by atoms with Gasteiger partial charge in [-0.15, -0.1) is 11.6 Å². The third-order valence-corrected chi connectivity index (χ3v) is 0.494. The highest BCUT2D eigenvalue weighted by atomic mass is 35.5. The molecule has 0 radical (unpaired) electrons. The van der Waals surface area contributed by atoms with Crippen LogP contribution in [0.4, 0.5) is 0 Å². The lowest BCUT2D eigenvalue weighted by molar-refractivity contribution is 0.976. The monoisotopic (exact) mass is 139 g/mol. The van der Waals surface area contributed by atoms with E-state index in [1.165, 1.54) is 0 Å². The maximum Gasteiger partial charge on any atom is 0.0346 e. The zero-order valence-corrected chi connectivity index (χ0v) is 5.69. The minimum Gasteiger partial charge on any atom is -0.329 e. The van der Waals surface area contributed by atoms with Crippen LogP contribution in [0.15, 0.2) is 0 Å². The first kappa shape index (κ1) is 11.0. The minimum atomic E-state index is 0.569. The number of hydrogen-bond donors (Lipinski definition) is 3. The van der Waals surface area contributed by atoms with E-state index < -0.39 is 0 Å². The molecule has 0 aromatic carbocycles. The molecule has 3 nitrogen and oxygen atoms in total. The Balaban J connectivity index is 0. The van der Waals surface area contributed by atoms with Gasteiger partial charge in [-0.1, -0.05) is 0 Å². The quantitative estimate of drug-likeness (QED) is 0.434. The lowest BCUT2D eigenvalue weighted by Gasteiger charge is -1.72. The molecule has 0 unspecified atom stereocenters. The summed E-state index contributed by atoms with van der Waals surface area (Å²) in [5, 5.41) is 0. The average molecular weight is 140 g/mol. The van der Waals surface area contributed by atoms with Crippen molar-refractivity contribution in [1.29, 1.82) is 0 Å². The van der Waals surface area contributed by atoms with Crippen LogP contribution < -0.4 is 17.2 Å². The number of nitrogens with two attached hydrogens (primary N) is 3. The van der Waals surface area contributed by atoms with Crippen LogP contribution in [0, 0.1) is 0 Å². The average Bonchev–Trinajstić information content (AvgIpc) is 1.88. The maximum atomic E-state index is 5.06. The van der Waals surface area contributed by atoms with Crippen molar-refractivity contribution in [1.82, 2.24) is 0 Å². The molecular weight excluding hydrogens is 126 g/mol. The van der Waals surface area contributed by atoms with E-state index in [1.807, 2.05) is 0 Å². The Morgan fingerprint density at radius 1 is 0.875 bits per heavy atom. The van der Waals surface area contributed by atoms with E-state index in [0.717, 1.165) is 0 Å². The molecule has 0 aliphatic heterocycles. The van der Waals surface area contributed by atoms with Crippen LogP contribution in [0.25, 0.3) is 0 Å². The lowest BCUT2D eigenvalue weighted by atomic mass is 10.7. The van der Waals surface area contributed by atoms with Crippen LogP contribution in [0.1, 0.15) is 0 Å². The molecule has 52 valence electrons. The zero-order valence-electron chi connectivity index (χ0n) is 4.94. The predicted octanol–water partition coefficient (Wildman–Crippen LogP) is -0.912. The van der Waals surface area contributed by atoms with Gasteiger partial charge in [-0.05, 0) is 0 Å². The first-order valence-corrected chi connectivity index (χ1v) is 3.03. The third-order valence-electron chi connectivity index (χ3n) is 0.276. The second kappa shape index (κ2) is 15.7. The molecule has 0 aromatic heterocycles. The van der Waals surface area contributed by atoms with Gasteiger partial charge in [0, 0.05) is 25.5 Å². The summed E-state index contributed by atoms with van der Waals surface area (Å²) in [6.45, 7) is 1.78. The summed E-state index contributed by atoms with van der Waals surface area (Å²) in [5.74, 6) is 0.569. The summed E-state index contributed by atoms with van der Waals surface area (Å²) in [6, 6.07) is 0. The predicted molar refractivity (Wildman–Crippen MR) is 37.9 cm³/mol. The molecular formula is C4H14ClN3. The Bertz CT molecular complexity index is 19.2. The van der Waals surface area contributed by atoms with Crippen molar-refractivity contribution in [2.75, 3.05) is 25.5 Å². The number of halogens is 1. The second-order valence-electron chi connectivity index (χ2n) is 1.06. The van der Waals surface area contributed by atoms with E-state index in [1.54, 1.807) is 0 Å². The van der Waals surface area contributed by atoms with E-state index in [4.69, 9.17) is 28.8 Å². The van der Waals surface area contributed by atoms with Crippen molar-refractivity contribution >= 4 is 11.6 Å². The molecule has 0 saturated heterocycles. The van der Waals surface area contributed by atoms with Crippen LogP contribution in [0.5, 0.6) is 0 Å². The molecule has 0 rings (SSSR count). The molecule has 0 saturated carbocycles. The van der Waals surface area contributed by atoms with Crippen molar-refractivity contribution in [3.05, 3.63) is 0 Å². The fourth-order valence-electron chi connectivity index (χ4n) is 0. The van der Waals surface area contributed by atoms with Crippen molar-refractivity contribution in [3.63, 3.8) is 0 Å². The molecule has 0 aromatic rings. The molecule has 4 heteroatoms. The molecule has 0 heterocycles. The van der Waals surface area contributed by atoms with E-state index >= 15 is 0 Å². The lowest BCUT2D eigenvalue weighted by Crippen LogP contribution is -2.11. The topological polar surface area (TPSA) is 78.1 Å². The van der Waals surface area contributed by atoms with Crippen LogP contribution in [-0.2, 0) is 0 Å². The van der Waals surface area contributed by atoms with Gasteiger partial charge in [-0.3, -0.25) is 0 Å². The Hall–Kier alpha value is 0.170. The van der Waals surface area contributed by atoms with Crippen LogP contribution in [0.3, 0.4) is 0 Å². The van der Waals surface area contributed by atoms with Gasteiger partial charge in [-0.25, -0.2) is 0 Å².